The number of benzene rings is 1. The minimum atomic E-state index is -0.779. The Balaban J connectivity index is 1.36. The van der Waals surface area contributed by atoms with Crippen molar-refractivity contribution in [2.24, 2.45) is 0 Å². The van der Waals surface area contributed by atoms with Crippen LogP contribution in [0.5, 0.6) is 0 Å². The fraction of sp³-hybridized carbons (Fsp3) is 0.583. The van der Waals surface area contributed by atoms with E-state index >= 15 is 0 Å². The topological polar surface area (TPSA) is 88.8 Å². The molecular formula is C24H34N4O4. The smallest absolute Gasteiger partial charge is 0.306 e. The number of nitrogens with zero attached hydrogens (tertiary/aromatic N) is 4. The van der Waals surface area contributed by atoms with Gasteiger partial charge in [-0.05, 0) is 18.9 Å². The van der Waals surface area contributed by atoms with Crippen LogP contribution in [0, 0.1) is 0 Å². The minimum Gasteiger partial charge on any atom is -0.453 e. The molecule has 1 aromatic heterocycles. The van der Waals surface area contributed by atoms with Gasteiger partial charge in [0.15, 0.2) is 11.9 Å². The fourth-order valence-corrected chi connectivity index (χ4v) is 3.58. The van der Waals surface area contributed by atoms with Crippen molar-refractivity contribution in [1.82, 2.24) is 19.9 Å². The normalized spacial score (nSPS) is 16.1. The zero-order valence-electron chi connectivity index (χ0n) is 19.5. The van der Waals surface area contributed by atoms with Crippen LogP contribution < -0.4 is 0 Å². The molecule has 32 heavy (non-hydrogen) atoms. The van der Waals surface area contributed by atoms with Gasteiger partial charge in [0.1, 0.15) is 0 Å². The highest BCUT2D eigenvalue weighted by Gasteiger charge is 2.27. The summed E-state index contributed by atoms with van der Waals surface area (Å²) in [6, 6.07) is 10.3. The highest BCUT2D eigenvalue weighted by molar-refractivity contribution is 5.83. The Morgan fingerprint density at radius 1 is 1.12 bits per heavy atom. The molecule has 1 aliphatic rings. The number of ether oxygens (including phenoxy) is 1. The van der Waals surface area contributed by atoms with Crippen LogP contribution in [0.15, 0.2) is 34.9 Å². The van der Waals surface area contributed by atoms with Crippen LogP contribution in [-0.2, 0) is 32.7 Å². The molecule has 1 aromatic carbocycles. The minimum absolute atomic E-state index is 0.135. The first-order chi connectivity index (χ1) is 15.2. The molecule has 174 valence electrons. The molecule has 0 aliphatic carbocycles. The fourth-order valence-electron chi connectivity index (χ4n) is 3.58. The zero-order valence-corrected chi connectivity index (χ0v) is 19.5. The lowest BCUT2D eigenvalue weighted by atomic mass is 9.96. The van der Waals surface area contributed by atoms with Crippen LogP contribution in [0.1, 0.15) is 57.8 Å². The second kappa shape index (κ2) is 10.7. The monoisotopic (exact) mass is 442 g/mol. The van der Waals surface area contributed by atoms with Crippen molar-refractivity contribution in [2.75, 3.05) is 26.2 Å². The summed E-state index contributed by atoms with van der Waals surface area (Å²) in [5.41, 5.74) is 1.09. The Morgan fingerprint density at radius 3 is 2.44 bits per heavy atom. The molecule has 0 saturated carbocycles. The third-order valence-corrected chi connectivity index (χ3v) is 5.50. The van der Waals surface area contributed by atoms with E-state index in [4.69, 9.17) is 9.26 Å². The predicted octanol–water partition coefficient (Wildman–Crippen LogP) is 2.97. The molecule has 0 spiro atoms. The van der Waals surface area contributed by atoms with Crippen LogP contribution in [-0.4, -0.2) is 64.1 Å². The van der Waals surface area contributed by atoms with Crippen LogP contribution in [0.2, 0.25) is 0 Å². The largest absolute Gasteiger partial charge is 0.453 e. The van der Waals surface area contributed by atoms with E-state index in [0.29, 0.717) is 37.6 Å². The molecular weight excluding hydrogens is 408 g/mol. The van der Waals surface area contributed by atoms with Gasteiger partial charge in [-0.15, -0.1) is 0 Å². The first-order valence-electron chi connectivity index (χ1n) is 11.3. The van der Waals surface area contributed by atoms with Gasteiger partial charge in [0.05, 0.1) is 0 Å². The Bertz CT molecular complexity index is 883. The van der Waals surface area contributed by atoms with E-state index in [9.17, 15) is 9.59 Å². The highest BCUT2D eigenvalue weighted by atomic mass is 16.5. The molecule has 1 fully saturated rings. The van der Waals surface area contributed by atoms with Crippen molar-refractivity contribution in [3.63, 3.8) is 0 Å². The first kappa shape index (κ1) is 23.9. The average molecular weight is 443 g/mol. The molecule has 1 aliphatic heterocycles. The van der Waals surface area contributed by atoms with E-state index in [-0.39, 0.29) is 23.7 Å². The van der Waals surface area contributed by atoms with E-state index in [1.165, 1.54) is 5.56 Å². The van der Waals surface area contributed by atoms with Gasteiger partial charge in [-0.1, -0.05) is 56.3 Å². The Morgan fingerprint density at radius 2 is 1.81 bits per heavy atom. The molecule has 2 heterocycles. The summed E-state index contributed by atoms with van der Waals surface area (Å²) >= 11 is 0. The highest BCUT2D eigenvalue weighted by Crippen LogP contribution is 2.19. The number of hydrogen-bond acceptors (Lipinski definition) is 7. The first-order valence-corrected chi connectivity index (χ1v) is 11.3. The summed E-state index contributed by atoms with van der Waals surface area (Å²) in [6.45, 7) is 11.5. The number of rotatable bonds is 8. The molecule has 3 rings (SSSR count). The molecule has 0 radical (unpaired) electrons. The molecule has 8 heteroatoms. The summed E-state index contributed by atoms with van der Waals surface area (Å²) in [7, 11) is 0. The van der Waals surface area contributed by atoms with Crippen molar-refractivity contribution in [3.8, 4) is 0 Å². The van der Waals surface area contributed by atoms with Gasteiger partial charge < -0.3 is 14.2 Å². The van der Waals surface area contributed by atoms with Gasteiger partial charge in [0.25, 0.3) is 5.91 Å². The van der Waals surface area contributed by atoms with Crippen molar-refractivity contribution in [3.05, 3.63) is 47.6 Å². The van der Waals surface area contributed by atoms with Gasteiger partial charge >= 0.3 is 5.97 Å². The molecule has 1 atom stereocenters. The number of carbonyl (C=O) groups is 2. The van der Waals surface area contributed by atoms with Crippen molar-refractivity contribution in [2.45, 2.75) is 65.0 Å². The lowest BCUT2D eigenvalue weighted by molar-refractivity contribution is -0.160. The average Bonchev–Trinajstić information content (AvgIpc) is 3.24. The summed E-state index contributed by atoms with van der Waals surface area (Å²) in [4.78, 5) is 33.4. The molecule has 1 amide bonds. The molecule has 8 nitrogen and oxygen atoms in total. The van der Waals surface area contributed by atoms with Crippen molar-refractivity contribution >= 4 is 11.9 Å². The second-order valence-corrected chi connectivity index (χ2v) is 9.33. The summed E-state index contributed by atoms with van der Waals surface area (Å²) in [6.07, 6.45) is 0.461. The summed E-state index contributed by atoms with van der Waals surface area (Å²) < 4.78 is 10.6. The third-order valence-electron chi connectivity index (χ3n) is 5.50. The van der Waals surface area contributed by atoms with Gasteiger partial charge in [0.2, 0.25) is 5.89 Å². The standard InChI is InChI=1S/C24H34N4O4/c1-18(31-21(29)12-8-11-20-25-23(26-32-20)24(2,3)4)22(30)28-15-13-27(14-16-28)17-19-9-6-5-7-10-19/h5-7,9-10,18H,8,11-17H2,1-4H3. The quantitative estimate of drug-likeness (QED) is 0.581. The van der Waals surface area contributed by atoms with E-state index in [1.807, 2.05) is 39.0 Å². The number of esters is 1. The Labute approximate surface area is 189 Å². The number of carbonyl (C=O) groups excluding carboxylic acids is 2. The SMILES string of the molecule is CC(OC(=O)CCCc1nc(C(C)(C)C)no1)C(=O)N1CCN(Cc2ccccc2)CC1. The Kier molecular flexibility index (Phi) is 8.01. The molecule has 1 unspecified atom stereocenters. The maximum absolute atomic E-state index is 12.7. The summed E-state index contributed by atoms with van der Waals surface area (Å²) in [5.74, 6) is 0.645. The predicted molar refractivity (Wildman–Crippen MR) is 120 cm³/mol. The molecule has 1 saturated heterocycles. The number of amides is 1. The number of aromatic nitrogens is 2. The third kappa shape index (κ3) is 6.88. The van der Waals surface area contributed by atoms with E-state index in [0.717, 1.165) is 19.6 Å². The van der Waals surface area contributed by atoms with Crippen LogP contribution in [0.3, 0.4) is 0 Å². The summed E-state index contributed by atoms with van der Waals surface area (Å²) in [5, 5.41) is 3.98. The Hall–Kier alpha value is -2.74. The van der Waals surface area contributed by atoms with E-state index in [2.05, 4.69) is 27.2 Å². The second-order valence-electron chi connectivity index (χ2n) is 9.33. The van der Waals surface area contributed by atoms with Crippen LogP contribution in [0.25, 0.3) is 0 Å². The van der Waals surface area contributed by atoms with Gasteiger partial charge in [-0.25, -0.2) is 0 Å². The van der Waals surface area contributed by atoms with Crippen molar-refractivity contribution < 1.29 is 18.8 Å². The number of piperazine rings is 1. The van der Waals surface area contributed by atoms with E-state index < -0.39 is 6.10 Å². The van der Waals surface area contributed by atoms with Gasteiger partial charge in [-0.3, -0.25) is 14.5 Å². The van der Waals surface area contributed by atoms with Gasteiger partial charge in [0, 0.05) is 51.0 Å². The van der Waals surface area contributed by atoms with Gasteiger partial charge in [-0.2, -0.15) is 4.98 Å². The van der Waals surface area contributed by atoms with Crippen LogP contribution in [0.4, 0.5) is 0 Å². The van der Waals surface area contributed by atoms with E-state index in [1.54, 1.807) is 11.8 Å². The molecule has 0 bridgehead atoms. The number of aryl methyl sites for hydroxylation is 1. The zero-order chi connectivity index (χ0) is 23.1. The maximum atomic E-state index is 12.7. The molecule has 2 aromatic rings. The lowest BCUT2D eigenvalue weighted by Crippen LogP contribution is -2.51. The van der Waals surface area contributed by atoms with Crippen LogP contribution >= 0.6 is 0 Å². The number of hydrogen-bond donors (Lipinski definition) is 0. The maximum Gasteiger partial charge on any atom is 0.306 e. The van der Waals surface area contributed by atoms with Crippen molar-refractivity contribution in [1.29, 1.82) is 0 Å². The molecule has 0 N–H and O–H groups in total. The lowest BCUT2D eigenvalue weighted by Gasteiger charge is -2.35.